The molecular formula is C11H9NS. The number of rotatable bonds is 0. The van der Waals surface area contributed by atoms with Crippen molar-refractivity contribution in [3.8, 4) is 0 Å². The first-order chi connectivity index (χ1) is 6.45. The van der Waals surface area contributed by atoms with Gasteiger partial charge in [-0.25, -0.2) is 0 Å². The Morgan fingerprint density at radius 3 is 3.23 bits per heavy atom. The van der Waals surface area contributed by atoms with Crippen LogP contribution in [0.2, 0.25) is 0 Å². The molecule has 0 bridgehead atoms. The van der Waals surface area contributed by atoms with Crippen LogP contribution in [0.1, 0.15) is 5.56 Å². The van der Waals surface area contributed by atoms with E-state index in [1.165, 1.54) is 16.5 Å². The largest absolute Gasteiger partial charge is 0.322 e. The molecule has 0 saturated carbocycles. The quantitative estimate of drug-likeness (QED) is 0.612. The van der Waals surface area contributed by atoms with Crippen molar-refractivity contribution in [1.82, 2.24) is 4.57 Å². The zero-order chi connectivity index (χ0) is 8.67. The molecule has 0 N–H and O–H groups in total. The maximum absolute atomic E-state index is 2.21. The Morgan fingerprint density at radius 2 is 2.23 bits per heavy atom. The number of hydrogen-bond acceptors (Lipinski definition) is 1. The summed E-state index contributed by atoms with van der Waals surface area (Å²) >= 11 is 1.85. The minimum atomic E-state index is 1.08. The summed E-state index contributed by atoms with van der Waals surface area (Å²) in [5, 5.41) is 3.49. The Morgan fingerprint density at radius 1 is 1.23 bits per heavy atom. The first-order valence-electron chi connectivity index (χ1n) is 4.32. The van der Waals surface area contributed by atoms with Gasteiger partial charge < -0.3 is 4.57 Å². The zero-order valence-corrected chi connectivity index (χ0v) is 7.92. The van der Waals surface area contributed by atoms with Gasteiger partial charge in [0.2, 0.25) is 0 Å². The van der Waals surface area contributed by atoms with E-state index in [0.29, 0.717) is 0 Å². The molecule has 2 heteroatoms. The molecule has 2 heterocycles. The van der Waals surface area contributed by atoms with E-state index < -0.39 is 0 Å². The van der Waals surface area contributed by atoms with Gasteiger partial charge in [0.05, 0.1) is 5.52 Å². The van der Waals surface area contributed by atoms with E-state index in [9.17, 15) is 0 Å². The second-order valence-electron chi connectivity index (χ2n) is 3.17. The van der Waals surface area contributed by atoms with E-state index in [4.69, 9.17) is 0 Å². The lowest BCUT2D eigenvalue weighted by Crippen LogP contribution is -1.85. The number of thioether (sulfide) groups is 1. The number of nitrogens with zero attached hydrogens (tertiary/aromatic N) is 1. The average Bonchev–Trinajstić information content (AvgIpc) is 2.44. The topological polar surface area (TPSA) is 4.93 Å². The summed E-state index contributed by atoms with van der Waals surface area (Å²) in [6.07, 6.45) is 4.25. The van der Waals surface area contributed by atoms with Crippen LogP contribution in [-0.2, 0) is 5.75 Å². The molecule has 0 atom stereocenters. The summed E-state index contributed by atoms with van der Waals surface area (Å²) in [5.74, 6) is 1.08. The molecular weight excluding hydrogens is 178 g/mol. The molecule has 1 aromatic carbocycles. The van der Waals surface area contributed by atoms with E-state index in [2.05, 4.69) is 46.6 Å². The van der Waals surface area contributed by atoms with Crippen LogP contribution in [0, 0.1) is 0 Å². The van der Waals surface area contributed by atoms with Crippen molar-refractivity contribution in [2.24, 2.45) is 0 Å². The lowest BCUT2D eigenvalue weighted by Gasteiger charge is -2.01. The third-order valence-corrected chi connectivity index (χ3v) is 3.17. The predicted octanol–water partition coefficient (Wildman–Crippen LogP) is 3.32. The van der Waals surface area contributed by atoms with Crippen molar-refractivity contribution in [3.63, 3.8) is 0 Å². The Bertz CT molecular complexity index is 482. The van der Waals surface area contributed by atoms with Gasteiger partial charge in [0.1, 0.15) is 0 Å². The molecule has 1 aliphatic heterocycles. The van der Waals surface area contributed by atoms with Crippen molar-refractivity contribution < 1.29 is 0 Å². The standard InChI is InChI=1S/C11H9NS/c1-2-9-4-5-12-6-7-13-8-10(3-1)11(9)12/h1-7H,8H2. The van der Waals surface area contributed by atoms with E-state index in [-0.39, 0.29) is 0 Å². The van der Waals surface area contributed by atoms with Gasteiger partial charge in [-0.3, -0.25) is 0 Å². The third kappa shape index (κ3) is 1.02. The molecule has 0 spiro atoms. The second kappa shape index (κ2) is 2.67. The predicted molar refractivity (Wildman–Crippen MR) is 58.6 cm³/mol. The van der Waals surface area contributed by atoms with Crippen molar-refractivity contribution in [2.75, 3.05) is 0 Å². The molecule has 0 saturated heterocycles. The van der Waals surface area contributed by atoms with Crippen LogP contribution in [-0.4, -0.2) is 4.57 Å². The van der Waals surface area contributed by atoms with Gasteiger partial charge in [0.25, 0.3) is 0 Å². The molecule has 0 fully saturated rings. The van der Waals surface area contributed by atoms with E-state index in [1.54, 1.807) is 0 Å². The zero-order valence-electron chi connectivity index (χ0n) is 7.10. The molecule has 0 aliphatic carbocycles. The van der Waals surface area contributed by atoms with Gasteiger partial charge in [0, 0.05) is 23.5 Å². The lowest BCUT2D eigenvalue weighted by molar-refractivity contribution is 1.22. The molecule has 64 valence electrons. The van der Waals surface area contributed by atoms with Crippen LogP contribution >= 0.6 is 11.8 Å². The Balaban J connectivity index is 2.48. The van der Waals surface area contributed by atoms with Crippen molar-refractivity contribution in [1.29, 1.82) is 0 Å². The summed E-state index contributed by atoms with van der Waals surface area (Å²) < 4.78 is 2.20. The molecule has 1 nitrogen and oxygen atoms in total. The molecule has 2 aromatic rings. The van der Waals surface area contributed by atoms with E-state index in [1.807, 2.05) is 11.8 Å². The fourth-order valence-electron chi connectivity index (χ4n) is 1.78. The fourth-order valence-corrected chi connectivity index (χ4v) is 2.51. The highest BCUT2D eigenvalue weighted by Gasteiger charge is 2.06. The maximum atomic E-state index is 2.21. The third-order valence-electron chi connectivity index (χ3n) is 2.38. The van der Waals surface area contributed by atoms with Gasteiger partial charge in [-0.1, -0.05) is 18.2 Å². The number of aromatic nitrogens is 1. The highest BCUT2D eigenvalue weighted by Crippen LogP contribution is 2.27. The monoisotopic (exact) mass is 187 g/mol. The minimum Gasteiger partial charge on any atom is -0.322 e. The van der Waals surface area contributed by atoms with Crippen LogP contribution in [0.3, 0.4) is 0 Å². The van der Waals surface area contributed by atoms with Gasteiger partial charge >= 0.3 is 0 Å². The Hall–Kier alpha value is -1.15. The molecule has 13 heavy (non-hydrogen) atoms. The van der Waals surface area contributed by atoms with Crippen LogP contribution < -0.4 is 0 Å². The van der Waals surface area contributed by atoms with Crippen molar-refractivity contribution >= 4 is 28.9 Å². The normalized spacial score (nSPS) is 14.8. The Kier molecular flexibility index (Phi) is 1.49. The summed E-state index contributed by atoms with van der Waals surface area (Å²) in [6, 6.07) is 8.67. The SMILES string of the molecule is C1=Cn2ccc3cccc(c32)CS1. The number of benzene rings is 1. The van der Waals surface area contributed by atoms with E-state index in [0.717, 1.165) is 5.75 Å². The lowest BCUT2D eigenvalue weighted by atomic mass is 10.2. The Labute approximate surface area is 81.1 Å². The smallest absolute Gasteiger partial charge is 0.0563 e. The van der Waals surface area contributed by atoms with Crippen LogP contribution in [0.5, 0.6) is 0 Å². The van der Waals surface area contributed by atoms with Gasteiger partial charge in [0.15, 0.2) is 0 Å². The van der Waals surface area contributed by atoms with Gasteiger partial charge in [-0.15, -0.1) is 11.8 Å². The summed E-state index contributed by atoms with van der Waals surface area (Å²) in [5.41, 5.74) is 2.79. The summed E-state index contributed by atoms with van der Waals surface area (Å²) in [6.45, 7) is 0. The van der Waals surface area contributed by atoms with Crippen LogP contribution in [0.25, 0.3) is 17.1 Å². The summed E-state index contributed by atoms with van der Waals surface area (Å²) in [4.78, 5) is 0. The molecule has 1 aromatic heterocycles. The van der Waals surface area contributed by atoms with Crippen LogP contribution in [0.4, 0.5) is 0 Å². The number of para-hydroxylation sites is 1. The molecule has 3 rings (SSSR count). The second-order valence-corrected chi connectivity index (χ2v) is 4.07. The summed E-state index contributed by atoms with van der Waals surface area (Å²) in [7, 11) is 0. The highest BCUT2D eigenvalue weighted by molar-refractivity contribution is 8.01. The maximum Gasteiger partial charge on any atom is 0.0563 e. The van der Waals surface area contributed by atoms with Crippen LogP contribution in [0.15, 0.2) is 35.9 Å². The first-order valence-corrected chi connectivity index (χ1v) is 5.37. The molecule has 0 radical (unpaired) electrons. The van der Waals surface area contributed by atoms with E-state index >= 15 is 0 Å². The van der Waals surface area contributed by atoms with Gasteiger partial charge in [-0.05, 0) is 17.0 Å². The molecule has 0 unspecified atom stereocenters. The fraction of sp³-hybridized carbons (Fsp3) is 0.0909. The highest BCUT2D eigenvalue weighted by atomic mass is 32.2. The minimum absolute atomic E-state index is 1.08. The first kappa shape index (κ1) is 7.27. The number of hydrogen-bond donors (Lipinski definition) is 0. The van der Waals surface area contributed by atoms with Crippen molar-refractivity contribution in [3.05, 3.63) is 41.4 Å². The molecule has 0 amide bonds. The average molecular weight is 187 g/mol. The van der Waals surface area contributed by atoms with Crippen molar-refractivity contribution in [2.45, 2.75) is 5.75 Å². The van der Waals surface area contributed by atoms with Gasteiger partial charge in [-0.2, -0.15) is 0 Å². The molecule has 1 aliphatic rings.